The smallest absolute Gasteiger partial charge is 0.0473 e. The summed E-state index contributed by atoms with van der Waals surface area (Å²) in [4.78, 5) is 0. The fraction of sp³-hybridized carbons (Fsp3) is 0.571. The van der Waals surface area contributed by atoms with E-state index in [0.717, 1.165) is 24.3 Å². The first-order valence-corrected chi connectivity index (χ1v) is 9.45. The number of benzene rings is 1. The van der Waals surface area contributed by atoms with Crippen LogP contribution in [0.25, 0.3) is 0 Å². The summed E-state index contributed by atoms with van der Waals surface area (Å²) in [6.45, 7) is 4.35. The van der Waals surface area contributed by atoms with Crippen LogP contribution in [0.2, 0.25) is 0 Å². The van der Waals surface area contributed by atoms with Crippen LogP contribution >= 0.6 is 48.8 Å². The van der Waals surface area contributed by atoms with Crippen LogP contribution in [0.3, 0.4) is 0 Å². The molecule has 1 aromatic carbocycles. The van der Waals surface area contributed by atoms with E-state index in [2.05, 4.69) is 63.4 Å². The Kier molecular flexibility index (Phi) is 8.81. The van der Waals surface area contributed by atoms with Gasteiger partial charge in [-0.15, -0.1) is 23.5 Å². The fourth-order valence-corrected chi connectivity index (χ4v) is 3.43. The van der Waals surface area contributed by atoms with Gasteiger partial charge in [-0.2, -0.15) is 25.3 Å². The summed E-state index contributed by atoms with van der Waals surface area (Å²) in [7, 11) is 0. The molecule has 0 saturated heterocycles. The Morgan fingerprint density at radius 2 is 1.17 bits per heavy atom. The maximum absolute atomic E-state index is 4.50. The van der Waals surface area contributed by atoms with Crippen LogP contribution in [-0.4, -0.2) is 9.16 Å². The molecule has 0 heterocycles. The van der Waals surface area contributed by atoms with Gasteiger partial charge < -0.3 is 0 Å². The molecular weight excluding hydrogens is 296 g/mol. The zero-order valence-electron chi connectivity index (χ0n) is 11.0. The molecule has 0 N–H and O–H groups in total. The van der Waals surface area contributed by atoms with Crippen LogP contribution in [0.15, 0.2) is 24.3 Å². The molecular formula is C14H22S4. The van der Waals surface area contributed by atoms with E-state index in [1.54, 1.807) is 0 Å². The van der Waals surface area contributed by atoms with Crippen LogP contribution in [0, 0.1) is 0 Å². The highest BCUT2D eigenvalue weighted by molar-refractivity contribution is 8.10. The molecule has 1 aromatic rings. The lowest BCUT2D eigenvalue weighted by molar-refractivity contribution is 1.06. The van der Waals surface area contributed by atoms with E-state index in [4.69, 9.17) is 0 Å². The van der Waals surface area contributed by atoms with Gasteiger partial charge in [0.25, 0.3) is 0 Å². The second kappa shape index (κ2) is 9.51. The van der Waals surface area contributed by atoms with Crippen LogP contribution in [0.5, 0.6) is 0 Å². The monoisotopic (exact) mass is 318 g/mol. The first-order chi connectivity index (χ1) is 8.65. The van der Waals surface area contributed by atoms with Gasteiger partial charge in [-0.1, -0.05) is 38.1 Å². The van der Waals surface area contributed by atoms with E-state index in [1.807, 2.05) is 23.5 Å². The topological polar surface area (TPSA) is 0 Å². The van der Waals surface area contributed by atoms with Gasteiger partial charge in [-0.05, 0) is 24.0 Å². The average Bonchev–Trinajstić information content (AvgIpc) is 2.43. The van der Waals surface area contributed by atoms with E-state index in [-0.39, 0.29) is 0 Å². The number of thiol groups is 2. The van der Waals surface area contributed by atoms with Crippen molar-refractivity contribution in [1.82, 2.24) is 0 Å². The SMILES string of the molecule is CCC(S)SCc1ccc(CSC(S)CC)cc1. The molecule has 0 fully saturated rings. The van der Waals surface area contributed by atoms with E-state index in [9.17, 15) is 0 Å². The van der Waals surface area contributed by atoms with Crippen molar-refractivity contribution < 1.29 is 0 Å². The maximum atomic E-state index is 4.50. The van der Waals surface area contributed by atoms with E-state index >= 15 is 0 Å². The fourth-order valence-electron chi connectivity index (χ4n) is 1.35. The predicted molar refractivity (Wildman–Crippen MR) is 95.2 cm³/mol. The molecule has 102 valence electrons. The van der Waals surface area contributed by atoms with Crippen LogP contribution in [0.1, 0.15) is 37.8 Å². The lowest BCUT2D eigenvalue weighted by Gasteiger charge is -2.09. The third-order valence-corrected chi connectivity index (χ3v) is 6.67. The molecule has 0 spiro atoms. The summed E-state index contributed by atoms with van der Waals surface area (Å²) in [5.74, 6) is 2.11. The van der Waals surface area contributed by atoms with Crippen LogP contribution in [-0.2, 0) is 11.5 Å². The minimum absolute atomic E-state index is 0.453. The molecule has 0 radical (unpaired) electrons. The summed E-state index contributed by atoms with van der Waals surface area (Å²) in [6.07, 6.45) is 2.23. The molecule has 18 heavy (non-hydrogen) atoms. The quantitative estimate of drug-likeness (QED) is 0.481. The number of rotatable bonds is 8. The van der Waals surface area contributed by atoms with Gasteiger partial charge >= 0.3 is 0 Å². The highest BCUT2D eigenvalue weighted by Crippen LogP contribution is 2.25. The molecule has 0 bridgehead atoms. The molecule has 0 aliphatic carbocycles. The Morgan fingerprint density at radius 1 is 0.833 bits per heavy atom. The molecule has 0 saturated carbocycles. The predicted octanol–water partition coefficient (Wildman–Crippen LogP) is 5.48. The Bertz CT molecular complexity index is 290. The lowest BCUT2D eigenvalue weighted by Crippen LogP contribution is -1.92. The number of hydrogen-bond donors (Lipinski definition) is 2. The van der Waals surface area contributed by atoms with Crippen molar-refractivity contribution in [1.29, 1.82) is 0 Å². The summed E-state index contributed by atoms with van der Waals surface area (Å²) in [5.41, 5.74) is 2.78. The van der Waals surface area contributed by atoms with Gasteiger partial charge in [0.2, 0.25) is 0 Å². The summed E-state index contributed by atoms with van der Waals surface area (Å²) in [5, 5.41) is 0. The van der Waals surface area contributed by atoms with E-state index in [0.29, 0.717) is 9.16 Å². The third kappa shape index (κ3) is 6.69. The second-order valence-corrected chi connectivity index (χ2v) is 8.49. The van der Waals surface area contributed by atoms with Crippen molar-refractivity contribution in [3.63, 3.8) is 0 Å². The highest BCUT2D eigenvalue weighted by atomic mass is 32.2. The van der Waals surface area contributed by atoms with E-state index in [1.165, 1.54) is 11.1 Å². The van der Waals surface area contributed by atoms with Crippen molar-refractivity contribution in [2.75, 3.05) is 0 Å². The molecule has 0 amide bonds. The van der Waals surface area contributed by atoms with Gasteiger partial charge in [-0.3, -0.25) is 0 Å². The standard InChI is InChI=1S/C14H22S4/c1-3-13(15)17-9-11-5-7-12(8-6-11)10-18-14(16)4-2/h5-8,13-16H,3-4,9-10H2,1-2H3. The van der Waals surface area contributed by atoms with Gasteiger partial charge in [-0.25, -0.2) is 0 Å². The number of hydrogen-bond acceptors (Lipinski definition) is 4. The Labute approximate surface area is 131 Å². The average molecular weight is 319 g/mol. The first kappa shape index (κ1) is 16.7. The van der Waals surface area contributed by atoms with Crippen LogP contribution < -0.4 is 0 Å². The minimum atomic E-state index is 0.453. The molecule has 4 heteroatoms. The van der Waals surface area contributed by atoms with Gasteiger partial charge in [0.15, 0.2) is 0 Å². The lowest BCUT2D eigenvalue weighted by atomic mass is 10.2. The summed E-state index contributed by atoms with van der Waals surface area (Å²) >= 11 is 12.8. The van der Waals surface area contributed by atoms with Crippen LogP contribution in [0.4, 0.5) is 0 Å². The zero-order valence-corrected chi connectivity index (χ0v) is 14.4. The maximum Gasteiger partial charge on any atom is 0.0473 e. The van der Waals surface area contributed by atoms with Gasteiger partial charge in [0.05, 0.1) is 0 Å². The molecule has 2 atom stereocenters. The number of thioether (sulfide) groups is 2. The molecule has 0 aliphatic rings. The highest BCUT2D eigenvalue weighted by Gasteiger charge is 2.03. The minimum Gasteiger partial charge on any atom is -0.165 e. The van der Waals surface area contributed by atoms with Crippen molar-refractivity contribution in [3.05, 3.63) is 35.4 Å². The largest absolute Gasteiger partial charge is 0.165 e. The second-order valence-electron chi connectivity index (χ2n) is 4.16. The van der Waals surface area contributed by atoms with Crippen molar-refractivity contribution in [2.45, 2.75) is 47.4 Å². The summed E-state index contributed by atoms with van der Waals surface area (Å²) < 4.78 is 0.907. The molecule has 0 nitrogen and oxygen atoms in total. The van der Waals surface area contributed by atoms with Crippen molar-refractivity contribution in [3.8, 4) is 0 Å². The van der Waals surface area contributed by atoms with Gasteiger partial charge in [0, 0.05) is 20.7 Å². The van der Waals surface area contributed by atoms with E-state index < -0.39 is 0 Å². The normalized spacial score (nSPS) is 14.4. The Balaban J connectivity index is 2.37. The molecule has 0 aliphatic heterocycles. The first-order valence-electron chi connectivity index (χ1n) is 6.32. The zero-order chi connectivity index (χ0) is 13.4. The van der Waals surface area contributed by atoms with Crippen molar-refractivity contribution >= 4 is 48.8 Å². The van der Waals surface area contributed by atoms with Gasteiger partial charge in [0.1, 0.15) is 0 Å². The molecule has 2 unspecified atom stereocenters. The molecule has 0 aromatic heterocycles. The Hall–Kier alpha value is 0.620. The Morgan fingerprint density at radius 3 is 1.44 bits per heavy atom. The van der Waals surface area contributed by atoms with Crippen molar-refractivity contribution in [2.24, 2.45) is 0 Å². The summed E-state index contributed by atoms with van der Waals surface area (Å²) in [6, 6.07) is 8.94. The molecule has 1 rings (SSSR count). The third-order valence-electron chi connectivity index (χ3n) is 2.61.